The zero-order chi connectivity index (χ0) is 17.0. The summed E-state index contributed by atoms with van der Waals surface area (Å²) in [5.74, 6) is 0. The maximum Gasteiger partial charge on any atom is 0.517 e. The first-order valence-electron chi connectivity index (χ1n) is 6.16. The molecule has 0 saturated carbocycles. The summed E-state index contributed by atoms with van der Waals surface area (Å²) in [5, 5.41) is 0. The smallest absolute Gasteiger partial charge is 0.292 e. The molecule has 22 heavy (non-hydrogen) atoms. The van der Waals surface area contributed by atoms with Gasteiger partial charge in [-0.25, -0.2) is 4.57 Å². The number of para-hydroxylation sites is 1. The van der Waals surface area contributed by atoms with Gasteiger partial charge in [0, 0.05) is 0 Å². The molecule has 1 rings (SSSR count). The summed E-state index contributed by atoms with van der Waals surface area (Å²) in [5.41, 5.74) is -6.13. The highest BCUT2D eigenvalue weighted by Crippen LogP contribution is 2.57. The lowest BCUT2D eigenvalue weighted by Crippen LogP contribution is -2.39. The van der Waals surface area contributed by atoms with Gasteiger partial charge in [-0.15, -0.1) is 0 Å². The Bertz CT molecular complexity index is 625. The molecule has 0 aliphatic rings. The third-order valence-electron chi connectivity index (χ3n) is 2.30. The molecule has 0 atom stereocenters. The third kappa shape index (κ3) is 3.81. The van der Waals surface area contributed by atoms with Crippen LogP contribution in [-0.2, 0) is 23.6 Å². The molecule has 0 spiro atoms. The zero-order valence-electron chi connectivity index (χ0n) is 11.8. The predicted molar refractivity (Wildman–Crippen MR) is 74.8 cm³/mol. The van der Waals surface area contributed by atoms with E-state index in [2.05, 4.69) is 0 Å². The van der Waals surface area contributed by atoms with Crippen molar-refractivity contribution in [1.82, 2.24) is 0 Å². The van der Waals surface area contributed by atoms with Crippen LogP contribution in [0.4, 0.5) is 18.9 Å². The molecule has 0 fully saturated rings. The zero-order valence-corrected chi connectivity index (χ0v) is 13.5. The summed E-state index contributed by atoms with van der Waals surface area (Å²) in [4.78, 5) is 0. The largest absolute Gasteiger partial charge is 0.517 e. The fourth-order valence-electron chi connectivity index (χ4n) is 1.53. The molecule has 0 bridgehead atoms. The van der Waals surface area contributed by atoms with Gasteiger partial charge in [0.1, 0.15) is 0 Å². The van der Waals surface area contributed by atoms with Crippen molar-refractivity contribution in [1.29, 1.82) is 0 Å². The van der Waals surface area contributed by atoms with Crippen LogP contribution >= 0.6 is 7.75 Å². The molecular weight excluding hydrogens is 346 g/mol. The van der Waals surface area contributed by atoms with E-state index in [1.807, 2.05) is 0 Å². The molecule has 0 aliphatic carbocycles. The summed E-state index contributed by atoms with van der Waals surface area (Å²) < 4.78 is 84.2. The van der Waals surface area contributed by atoms with Crippen LogP contribution in [0, 0.1) is 0 Å². The highest BCUT2D eigenvalue weighted by atomic mass is 32.2. The first kappa shape index (κ1) is 19.0. The standard InChI is InChI=1S/C11H15F3NO5PS/c1-3-19-21(16,20-4-2)15(10-8-6-5-7-9-10)22(17,18)11(12,13)14/h5-9H,3-4H2,1-2H3. The molecule has 0 N–H and O–H groups in total. The number of anilines is 1. The van der Waals surface area contributed by atoms with Gasteiger partial charge in [-0.2, -0.15) is 25.7 Å². The Balaban J connectivity index is 3.58. The molecule has 0 radical (unpaired) electrons. The molecule has 0 unspecified atom stereocenters. The van der Waals surface area contributed by atoms with Crippen molar-refractivity contribution in [3.8, 4) is 0 Å². The van der Waals surface area contributed by atoms with Crippen LogP contribution in [0.2, 0.25) is 0 Å². The second kappa shape index (κ2) is 6.99. The lowest BCUT2D eigenvalue weighted by Gasteiger charge is -2.30. The topological polar surface area (TPSA) is 72.9 Å². The van der Waals surface area contributed by atoms with E-state index >= 15 is 0 Å². The van der Waals surface area contributed by atoms with Crippen molar-refractivity contribution in [3.63, 3.8) is 0 Å². The molecule has 6 nitrogen and oxygen atoms in total. The van der Waals surface area contributed by atoms with Crippen LogP contribution in [-0.4, -0.2) is 27.1 Å². The van der Waals surface area contributed by atoms with Crippen molar-refractivity contribution < 1.29 is 35.2 Å². The maximum atomic E-state index is 12.9. The molecule has 0 aromatic heterocycles. The maximum absolute atomic E-state index is 12.9. The summed E-state index contributed by atoms with van der Waals surface area (Å²) in [6.07, 6.45) is 0. The van der Waals surface area contributed by atoms with E-state index < -0.39 is 29.0 Å². The lowest BCUT2D eigenvalue weighted by atomic mass is 10.3. The minimum absolute atomic E-state index is 0.298. The van der Waals surface area contributed by atoms with E-state index in [-0.39, 0.29) is 17.3 Å². The minimum atomic E-state index is -5.97. The van der Waals surface area contributed by atoms with Gasteiger partial charge in [0.2, 0.25) is 0 Å². The van der Waals surface area contributed by atoms with Gasteiger partial charge in [-0.1, -0.05) is 18.2 Å². The molecule has 0 saturated heterocycles. The van der Waals surface area contributed by atoms with E-state index in [1.54, 1.807) is 0 Å². The number of sulfonamides is 1. The number of hydrogen-bond donors (Lipinski definition) is 0. The highest BCUT2D eigenvalue weighted by molar-refractivity contribution is 8.00. The molecule has 11 heteroatoms. The Kier molecular flexibility index (Phi) is 6.03. The van der Waals surface area contributed by atoms with Crippen LogP contribution in [0.15, 0.2) is 30.3 Å². The van der Waals surface area contributed by atoms with Crippen LogP contribution in [0.1, 0.15) is 13.8 Å². The van der Waals surface area contributed by atoms with E-state index in [9.17, 15) is 26.2 Å². The van der Waals surface area contributed by atoms with Gasteiger partial charge in [0.05, 0.1) is 18.9 Å². The van der Waals surface area contributed by atoms with E-state index in [1.165, 1.54) is 32.0 Å². The predicted octanol–water partition coefficient (Wildman–Crippen LogP) is 3.52. The summed E-state index contributed by atoms with van der Waals surface area (Å²) in [7, 11) is -10.7. The van der Waals surface area contributed by atoms with Gasteiger partial charge >= 0.3 is 23.3 Å². The van der Waals surface area contributed by atoms with Crippen molar-refractivity contribution in [2.45, 2.75) is 19.4 Å². The Morgan fingerprint density at radius 2 is 1.55 bits per heavy atom. The second-order valence-electron chi connectivity index (χ2n) is 3.83. The van der Waals surface area contributed by atoms with Crippen LogP contribution in [0.5, 0.6) is 0 Å². The van der Waals surface area contributed by atoms with Crippen molar-refractivity contribution >= 4 is 23.5 Å². The van der Waals surface area contributed by atoms with Crippen LogP contribution < -0.4 is 4.08 Å². The number of benzene rings is 1. The normalized spacial score (nSPS) is 13.1. The Labute approximate surface area is 126 Å². The first-order valence-corrected chi connectivity index (χ1v) is 9.10. The van der Waals surface area contributed by atoms with Gasteiger partial charge in [0.15, 0.2) is 0 Å². The molecule has 126 valence electrons. The van der Waals surface area contributed by atoms with Crippen molar-refractivity contribution in [3.05, 3.63) is 30.3 Å². The monoisotopic (exact) mass is 361 g/mol. The Morgan fingerprint density at radius 1 is 1.09 bits per heavy atom. The fraction of sp³-hybridized carbons (Fsp3) is 0.455. The van der Waals surface area contributed by atoms with E-state index in [0.29, 0.717) is 0 Å². The van der Waals surface area contributed by atoms with E-state index in [0.717, 1.165) is 12.1 Å². The summed E-state index contributed by atoms with van der Waals surface area (Å²) >= 11 is 0. The number of alkyl halides is 3. The number of rotatable bonds is 7. The van der Waals surface area contributed by atoms with E-state index in [4.69, 9.17) is 9.05 Å². The quantitative estimate of drug-likeness (QED) is 0.695. The van der Waals surface area contributed by atoms with Crippen LogP contribution in [0.3, 0.4) is 0 Å². The minimum Gasteiger partial charge on any atom is -0.292 e. The molecule has 1 aromatic carbocycles. The van der Waals surface area contributed by atoms with Crippen molar-refractivity contribution in [2.24, 2.45) is 0 Å². The molecule has 0 amide bonds. The fourth-order valence-corrected chi connectivity index (χ4v) is 5.10. The van der Waals surface area contributed by atoms with Gasteiger partial charge in [0.25, 0.3) is 0 Å². The second-order valence-corrected chi connectivity index (χ2v) is 7.74. The number of nitrogens with zero attached hydrogens (tertiary/aromatic N) is 1. The summed E-state index contributed by atoms with van der Waals surface area (Å²) in [6.45, 7) is 2.12. The third-order valence-corrected chi connectivity index (χ3v) is 6.65. The number of hydrogen-bond acceptors (Lipinski definition) is 5. The molecule has 0 aliphatic heterocycles. The lowest BCUT2D eigenvalue weighted by molar-refractivity contribution is -0.0436. The molecule has 1 aromatic rings. The van der Waals surface area contributed by atoms with Crippen molar-refractivity contribution in [2.75, 3.05) is 17.3 Å². The first-order chi connectivity index (χ1) is 10.1. The average molecular weight is 361 g/mol. The SMILES string of the molecule is CCOP(=O)(OCC)N(c1ccccc1)S(=O)(=O)C(F)(F)F. The average Bonchev–Trinajstić information content (AvgIpc) is 2.38. The molecular formula is C11H15F3NO5PS. The van der Waals surface area contributed by atoms with Gasteiger partial charge < -0.3 is 0 Å². The molecule has 0 heterocycles. The Hall–Kier alpha value is -1.09. The van der Waals surface area contributed by atoms with Gasteiger partial charge in [-0.3, -0.25) is 9.05 Å². The summed E-state index contributed by atoms with van der Waals surface area (Å²) in [6, 6.07) is 6.20. The number of halogens is 3. The van der Waals surface area contributed by atoms with Crippen LogP contribution in [0.25, 0.3) is 0 Å². The highest BCUT2D eigenvalue weighted by Gasteiger charge is 2.57. The Morgan fingerprint density at radius 3 is 1.91 bits per heavy atom. The van der Waals surface area contributed by atoms with Gasteiger partial charge in [-0.05, 0) is 26.0 Å².